The lowest BCUT2D eigenvalue weighted by Gasteiger charge is -2.11. The number of nitrogens with zero attached hydrogens (tertiary/aromatic N) is 2. The standard InChI is InChI=1S/C14H13N3OS/c1-9-3-6-13(19-9)10(2)17-14(18)12-5-4-11(7-15)8-16-12/h3-6,8,10H,1-2H3,(H,17,18). The van der Waals surface area contributed by atoms with Crippen LogP contribution in [-0.2, 0) is 0 Å². The molecule has 1 N–H and O–H groups in total. The van der Waals surface area contributed by atoms with Crippen LogP contribution in [0.1, 0.15) is 38.8 Å². The molecule has 1 atom stereocenters. The maximum absolute atomic E-state index is 12.0. The van der Waals surface area contributed by atoms with E-state index in [9.17, 15) is 4.79 Å². The monoisotopic (exact) mass is 271 g/mol. The van der Waals surface area contributed by atoms with Gasteiger partial charge in [0, 0.05) is 16.0 Å². The molecular weight excluding hydrogens is 258 g/mol. The summed E-state index contributed by atoms with van der Waals surface area (Å²) >= 11 is 1.66. The minimum atomic E-state index is -0.233. The maximum atomic E-state index is 12.0. The lowest BCUT2D eigenvalue weighted by molar-refractivity contribution is 0.0935. The van der Waals surface area contributed by atoms with Crippen LogP contribution in [0.5, 0.6) is 0 Å². The minimum absolute atomic E-state index is 0.0522. The molecule has 19 heavy (non-hydrogen) atoms. The summed E-state index contributed by atoms with van der Waals surface area (Å²) in [5, 5.41) is 11.6. The number of carbonyl (C=O) groups excluding carboxylic acids is 1. The van der Waals surface area contributed by atoms with Gasteiger partial charge in [0.1, 0.15) is 11.8 Å². The van der Waals surface area contributed by atoms with Crippen LogP contribution in [0.2, 0.25) is 0 Å². The van der Waals surface area contributed by atoms with Gasteiger partial charge in [-0.05, 0) is 38.1 Å². The molecular formula is C14H13N3OS. The Labute approximate surface area is 115 Å². The number of thiophene rings is 1. The van der Waals surface area contributed by atoms with E-state index in [2.05, 4.69) is 10.3 Å². The smallest absolute Gasteiger partial charge is 0.270 e. The summed E-state index contributed by atoms with van der Waals surface area (Å²) in [5.74, 6) is -0.233. The third-order valence-electron chi connectivity index (χ3n) is 2.66. The van der Waals surface area contributed by atoms with Gasteiger partial charge in [0.2, 0.25) is 0 Å². The average molecular weight is 271 g/mol. The van der Waals surface area contributed by atoms with Gasteiger partial charge in [0.15, 0.2) is 0 Å². The van der Waals surface area contributed by atoms with Crippen molar-refractivity contribution in [3.05, 3.63) is 51.5 Å². The Morgan fingerprint density at radius 2 is 2.21 bits per heavy atom. The highest BCUT2D eigenvalue weighted by atomic mass is 32.1. The van der Waals surface area contributed by atoms with Gasteiger partial charge in [-0.15, -0.1) is 11.3 Å². The Morgan fingerprint density at radius 1 is 1.42 bits per heavy atom. The predicted molar refractivity (Wildman–Crippen MR) is 73.9 cm³/mol. The second-order valence-corrected chi connectivity index (χ2v) is 5.51. The number of carbonyl (C=O) groups is 1. The number of nitriles is 1. The fourth-order valence-corrected chi connectivity index (χ4v) is 2.50. The first kappa shape index (κ1) is 13.2. The zero-order chi connectivity index (χ0) is 13.8. The van der Waals surface area contributed by atoms with Gasteiger partial charge >= 0.3 is 0 Å². The summed E-state index contributed by atoms with van der Waals surface area (Å²) in [4.78, 5) is 18.3. The second kappa shape index (κ2) is 5.63. The molecule has 96 valence electrons. The number of pyridine rings is 1. The summed E-state index contributed by atoms with van der Waals surface area (Å²) in [6.45, 7) is 3.97. The topological polar surface area (TPSA) is 65.8 Å². The summed E-state index contributed by atoms with van der Waals surface area (Å²) in [6.07, 6.45) is 1.40. The molecule has 0 aliphatic rings. The van der Waals surface area contributed by atoms with Gasteiger partial charge < -0.3 is 5.32 Å². The first-order chi connectivity index (χ1) is 9.10. The van der Waals surface area contributed by atoms with Crippen molar-refractivity contribution in [2.45, 2.75) is 19.9 Å². The van der Waals surface area contributed by atoms with Gasteiger partial charge in [-0.3, -0.25) is 4.79 Å². The molecule has 1 unspecified atom stereocenters. The SMILES string of the molecule is Cc1ccc(C(C)NC(=O)c2ccc(C#N)cn2)s1. The summed E-state index contributed by atoms with van der Waals surface area (Å²) in [6, 6.07) is 9.10. The van der Waals surface area contributed by atoms with E-state index in [1.165, 1.54) is 11.1 Å². The molecule has 0 bridgehead atoms. The van der Waals surface area contributed by atoms with E-state index in [-0.39, 0.29) is 11.9 Å². The van der Waals surface area contributed by atoms with Crippen LogP contribution in [0.25, 0.3) is 0 Å². The molecule has 0 aliphatic carbocycles. The lowest BCUT2D eigenvalue weighted by Crippen LogP contribution is -2.26. The number of aromatic nitrogens is 1. The van der Waals surface area contributed by atoms with Crippen molar-refractivity contribution in [1.29, 1.82) is 5.26 Å². The maximum Gasteiger partial charge on any atom is 0.270 e. The predicted octanol–water partition coefficient (Wildman–Crippen LogP) is 2.81. The zero-order valence-corrected chi connectivity index (χ0v) is 11.5. The number of rotatable bonds is 3. The van der Waals surface area contributed by atoms with Gasteiger partial charge in [-0.2, -0.15) is 5.26 Å². The van der Waals surface area contributed by atoms with E-state index >= 15 is 0 Å². The lowest BCUT2D eigenvalue weighted by atomic mass is 10.2. The van der Waals surface area contributed by atoms with E-state index in [0.717, 1.165) is 4.88 Å². The van der Waals surface area contributed by atoms with Gasteiger partial charge in [0.25, 0.3) is 5.91 Å². The normalized spacial score (nSPS) is 11.6. The van der Waals surface area contributed by atoms with Crippen LogP contribution in [0.4, 0.5) is 0 Å². The molecule has 4 nitrogen and oxygen atoms in total. The molecule has 0 fully saturated rings. The van der Waals surface area contributed by atoms with Crippen molar-refractivity contribution in [2.24, 2.45) is 0 Å². The molecule has 2 aromatic rings. The number of nitrogens with one attached hydrogen (secondary N) is 1. The molecule has 2 aromatic heterocycles. The highest BCUT2D eigenvalue weighted by Crippen LogP contribution is 2.22. The third-order valence-corrected chi connectivity index (χ3v) is 3.84. The molecule has 0 spiro atoms. The number of hydrogen-bond donors (Lipinski definition) is 1. The van der Waals surface area contributed by atoms with Crippen molar-refractivity contribution in [2.75, 3.05) is 0 Å². The van der Waals surface area contributed by atoms with Crippen molar-refractivity contribution in [3.8, 4) is 6.07 Å². The largest absolute Gasteiger partial charge is 0.343 e. The zero-order valence-electron chi connectivity index (χ0n) is 10.7. The van der Waals surface area contributed by atoms with Gasteiger partial charge in [0.05, 0.1) is 11.6 Å². The molecule has 0 saturated carbocycles. The Balaban J connectivity index is 2.06. The van der Waals surface area contributed by atoms with Crippen LogP contribution in [0, 0.1) is 18.3 Å². The van der Waals surface area contributed by atoms with E-state index < -0.39 is 0 Å². The molecule has 0 radical (unpaired) electrons. The highest BCUT2D eigenvalue weighted by Gasteiger charge is 2.13. The summed E-state index contributed by atoms with van der Waals surface area (Å²) in [5.41, 5.74) is 0.762. The Kier molecular flexibility index (Phi) is 3.93. The summed E-state index contributed by atoms with van der Waals surface area (Å²) < 4.78 is 0. The van der Waals surface area contributed by atoms with Crippen molar-refractivity contribution in [3.63, 3.8) is 0 Å². The first-order valence-electron chi connectivity index (χ1n) is 5.83. The third kappa shape index (κ3) is 3.18. The van der Waals surface area contributed by atoms with E-state index in [4.69, 9.17) is 5.26 Å². The Morgan fingerprint density at radius 3 is 2.74 bits per heavy atom. The Bertz CT molecular complexity index is 625. The van der Waals surface area contributed by atoms with E-state index in [0.29, 0.717) is 11.3 Å². The highest BCUT2D eigenvalue weighted by molar-refractivity contribution is 7.12. The average Bonchev–Trinajstić information content (AvgIpc) is 2.85. The molecule has 2 heterocycles. The quantitative estimate of drug-likeness (QED) is 0.933. The molecule has 0 aliphatic heterocycles. The summed E-state index contributed by atoms with van der Waals surface area (Å²) in [7, 11) is 0. The molecule has 0 saturated heterocycles. The van der Waals surface area contributed by atoms with Crippen molar-refractivity contribution >= 4 is 17.2 Å². The Hall–Kier alpha value is -2.19. The fraction of sp³-hybridized carbons (Fsp3) is 0.214. The van der Waals surface area contributed by atoms with Crippen molar-refractivity contribution in [1.82, 2.24) is 10.3 Å². The fourth-order valence-electron chi connectivity index (χ4n) is 1.62. The van der Waals surface area contributed by atoms with Crippen LogP contribution >= 0.6 is 11.3 Å². The number of hydrogen-bond acceptors (Lipinski definition) is 4. The molecule has 0 aromatic carbocycles. The van der Waals surface area contributed by atoms with Crippen LogP contribution in [0.3, 0.4) is 0 Å². The van der Waals surface area contributed by atoms with Crippen LogP contribution < -0.4 is 5.32 Å². The number of amides is 1. The van der Waals surface area contributed by atoms with E-state index in [1.807, 2.05) is 32.0 Å². The molecule has 5 heteroatoms. The van der Waals surface area contributed by atoms with E-state index in [1.54, 1.807) is 23.5 Å². The minimum Gasteiger partial charge on any atom is -0.343 e. The van der Waals surface area contributed by atoms with Gasteiger partial charge in [-0.25, -0.2) is 4.98 Å². The molecule has 2 rings (SSSR count). The first-order valence-corrected chi connectivity index (χ1v) is 6.65. The second-order valence-electron chi connectivity index (χ2n) is 4.19. The molecule has 1 amide bonds. The van der Waals surface area contributed by atoms with Crippen molar-refractivity contribution < 1.29 is 4.79 Å². The van der Waals surface area contributed by atoms with Gasteiger partial charge in [-0.1, -0.05) is 0 Å². The van der Waals surface area contributed by atoms with Crippen LogP contribution in [0.15, 0.2) is 30.5 Å². The van der Waals surface area contributed by atoms with Crippen LogP contribution in [-0.4, -0.2) is 10.9 Å². The number of aryl methyl sites for hydroxylation is 1.